The van der Waals surface area contributed by atoms with E-state index in [9.17, 15) is 15.3 Å². The number of rotatable bonds is 0. The zero-order valence-corrected chi connectivity index (χ0v) is 14.0. The maximum atomic E-state index is 10.8. The quantitative estimate of drug-likeness (QED) is 0.645. The molecule has 22 heavy (non-hydrogen) atoms. The van der Waals surface area contributed by atoms with Crippen LogP contribution in [0.15, 0.2) is 0 Å². The Morgan fingerprint density at radius 1 is 0.727 bits per heavy atom. The Bertz CT molecular complexity index is 452. The molecule has 9 atom stereocenters. The maximum Gasteiger partial charge on any atom is 0.0596 e. The Morgan fingerprint density at radius 2 is 1.41 bits per heavy atom. The summed E-state index contributed by atoms with van der Waals surface area (Å²) >= 11 is 0. The number of aliphatic hydroxyl groups excluding tert-OH is 3. The minimum atomic E-state index is -0.263. The van der Waals surface area contributed by atoms with Crippen LogP contribution >= 0.6 is 0 Å². The first-order chi connectivity index (χ1) is 10.4. The van der Waals surface area contributed by atoms with Crippen molar-refractivity contribution in [2.24, 2.45) is 34.5 Å². The van der Waals surface area contributed by atoms with Gasteiger partial charge in [-0.2, -0.15) is 0 Å². The van der Waals surface area contributed by atoms with Gasteiger partial charge in [-0.15, -0.1) is 0 Å². The predicted octanol–water partition coefficient (Wildman–Crippen LogP) is 2.72. The van der Waals surface area contributed by atoms with Crippen LogP contribution < -0.4 is 0 Å². The van der Waals surface area contributed by atoms with Crippen molar-refractivity contribution in [3.8, 4) is 0 Å². The molecule has 0 spiro atoms. The van der Waals surface area contributed by atoms with Crippen molar-refractivity contribution in [1.82, 2.24) is 0 Å². The summed E-state index contributed by atoms with van der Waals surface area (Å²) in [6, 6.07) is 0. The molecule has 0 aromatic rings. The molecule has 0 aliphatic heterocycles. The molecule has 0 aromatic heterocycles. The first-order valence-electron chi connectivity index (χ1n) is 9.40. The van der Waals surface area contributed by atoms with Crippen molar-refractivity contribution in [1.29, 1.82) is 0 Å². The van der Waals surface area contributed by atoms with E-state index >= 15 is 0 Å². The molecule has 126 valence electrons. The van der Waals surface area contributed by atoms with Gasteiger partial charge >= 0.3 is 0 Å². The van der Waals surface area contributed by atoms with Crippen LogP contribution in [-0.2, 0) is 0 Å². The van der Waals surface area contributed by atoms with Gasteiger partial charge in [-0.25, -0.2) is 0 Å². The zero-order chi connectivity index (χ0) is 15.7. The Kier molecular flexibility index (Phi) is 3.46. The van der Waals surface area contributed by atoms with E-state index in [0.717, 1.165) is 44.9 Å². The number of hydrogen-bond acceptors (Lipinski definition) is 3. The van der Waals surface area contributed by atoms with Crippen LogP contribution in [0, 0.1) is 34.5 Å². The molecule has 4 aliphatic carbocycles. The number of aliphatic hydroxyl groups is 3. The van der Waals surface area contributed by atoms with Crippen LogP contribution in [-0.4, -0.2) is 33.6 Å². The third-order valence-corrected chi connectivity index (χ3v) is 8.60. The van der Waals surface area contributed by atoms with Gasteiger partial charge in [-0.05, 0) is 85.9 Å². The predicted molar refractivity (Wildman–Crippen MR) is 85.1 cm³/mol. The van der Waals surface area contributed by atoms with Gasteiger partial charge in [0.25, 0.3) is 0 Å². The highest BCUT2D eigenvalue weighted by atomic mass is 16.3. The second-order valence-corrected chi connectivity index (χ2v) is 9.36. The summed E-state index contributed by atoms with van der Waals surface area (Å²) in [6.07, 6.45) is 7.42. The topological polar surface area (TPSA) is 60.7 Å². The van der Waals surface area contributed by atoms with Gasteiger partial charge in [-0.1, -0.05) is 13.8 Å². The van der Waals surface area contributed by atoms with Gasteiger partial charge in [-0.3, -0.25) is 0 Å². The second-order valence-electron chi connectivity index (χ2n) is 9.36. The molecule has 3 nitrogen and oxygen atoms in total. The molecule has 4 aliphatic rings. The minimum Gasteiger partial charge on any atom is -0.393 e. The first-order valence-corrected chi connectivity index (χ1v) is 9.40. The standard InChI is InChI=1S/C19H32O3/c1-18-7-5-11(20)9-15(18)16(21)10-12-13-3-4-17(22)19(13,2)8-6-14(12)18/h11-17,20-22H,3-10H2,1-2H3/t11-,12?,13?,14?,15?,16+,17-,18+,19-/m0/s1. The molecular formula is C19H32O3. The number of hydrogen-bond donors (Lipinski definition) is 3. The lowest BCUT2D eigenvalue weighted by molar-refractivity contribution is -0.174. The SMILES string of the molecule is C[C@]12CC[C@H](O)CC1[C@H](O)CC1C2CC[C@@]2(C)C1CC[C@@H]2O. The molecular weight excluding hydrogens is 276 g/mol. The fourth-order valence-corrected chi connectivity index (χ4v) is 7.25. The molecule has 4 unspecified atom stereocenters. The highest BCUT2D eigenvalue weighted by Gasteiger charge is 2.61. The average Bonchev–Trinajstić information content (AvgIpc) is 2.77. The smallest absolute Gasteiger partial charge is 0.0596 e. The van der Waals surface area contributed by atoms with Gasteiger partial charge in [0.15, 0.2) is 0 Å². The fraction of sp³-hybridized carbons (Fsp3) is 1.00. The monoisotopic (exact) mass is 308 g/mol. The van der Waals surface area contributed by atoms with Crippen LogP contribution in [0.1, 0.15) is 65.2 Å². The summed E-state index contributed by atoms with van der Waals surface area (Å²) in [5, 5.41) is 31.4. The summed E-state index contributed by atoms with van der Waals surface area (Å²) in [6.45, 7) is 4.68. The highest BCUT2D eigenvalue weighted by molar-refractivity contribution is 5.11. The van der Waals surface area contributed by atoms with Gasteiger partial charge < -0.3 is 15.3 Å². The van der Waals surface area contributed by atoms with Crippen molar-refractivity contribution in [3.05, 3.63) is 0 Å². The second kappa shape index (κ2) is 4.94. The normalized spacial score (nSPS) is 61.2. The van der Waals surface area contributed by atoms with Crippen molar-refractivity contribution in [3.63, 3.8) is 0 Å². The van der Waals surface area contributed by atoms with Gasteiger partial charge in [0.2, 0.25) is 0 Å². The van der Waals surface area contributed by atoms with E-state index in [0.29, 0.717) is 17.8 Å². The highest BCUT2D eigenvalue weighted by Crippen LogP contribution is 2.66. The molecule has 0 bridgehead atoms. The molecule has 0 saturated heterocycles. The van der Waals surface area contributed by atoms with E-state index in [4.69, 9.17) is 0 Å². The summed E-state index contributed by atoms with van der Waals surface area (Å²) in [5.41, 5.74) is 0.273. The first kappa shape index (κ1) is 15.4. The molecule has 4 rings (SSSR count). The largest absolute Gasteiger partial charge is 0.393 e. The van der Waals surface area contributed by atoms with E-state index < -0.39 is 0 Å². The van der Waals surface area contributed by atoms with E-state index in [1.54, 1.807) is 0 Å². The van der Waals surface area contributed by atoms with Crippen molar-refractivity contribution in [2.45, 2.75) is 83.5 Å². The lowest BCUT2D eigenvalue weighted by Crippen LogP contribution is -2.58. The third-order valence-electron chi connectivity index (χ3n) is 8.60. The van der Waals surface area contributed by atoms with Gasteiger partial charge in [0.1, 0.15) is 0 Å². The fourth-order valence-electron chi connectivity index (χ4n) is 7.25. The van der Waals surface area contributed by atoms with Crippen LogP contribution in [0.3, 0.4) is 0 Å². The van der Waals surface area contributed by atoms with E-state index in [-0.39, 0.29) is 35.1 Å². The summed E-state index contributed by atoms with van der Waals surface area (Å²) < 4.78 is 0. The van der Waals surface area contributed by atoms with Gasteiger partial charge in [0.05, 0.1) is 18.3 Å². The van der Waals surface area contributed by atoms with Crippen LogP contribution in [0.2, 0.25) is 0 Å². The van der Waals surface area contributed by atoms with Crippen LogP contribution in [0.4, 0.5) is 0 Å². The van der Waals surface area contributed by atoms with Crippen molar-refractivity contribution < 1.29 is 15.3 Å². The molecule has 0 amide bonds. The Balaban J connectivity index is 1.66. The van der Waals surface area contributed by atoms with E-state index in [1.807, 2.05) is 0 Å². The molecule has 3 heteroatoms. The minimum absolute atomic E-state index is 0.0816. The van der Waals surface area contributed by atoms with Crippen LogP contribution in [0.5, 0.6) is 0 Å². The maximum absolute atomic E-state index is 10.8. The Hall–Kier alpha value is -0.120. The summed E-state index contributed by atoms with van der Waals surface area (Å²) in [4.78, 5) is 0. The lowest BCUT2D eigenvalue weighted by atomic mass is 9.44. The lowest BCUT2D eigenvalue weighted by Gasteiger charge is -2.61. The third kappa shape index (κ3) is 1.91. The summed E-state index contributed by atoms with van der Waals surface area (Å²) in [7, 11) is 0. The molecule has 3 N–H and O–H groups in total. The van der Waals surface area contributed by atoms with Crippen LogP contribution in [0.25, 0.3) is 0 Å². The van der Waals surface area contributed by atoms with Gasteiger partial charge in [0, 0.05) is 0 Å². The molecule has 0 aromatic carbocycles. The van der Waals surface area contributed by atoms with Crippen molar-refractivity contribution >= 4 is 0 Å². The summed E-state index contributed by atoms with van der Waals surface area (Å²) in [5.74, 6) is 2.10. The number of fused-ring (bicyclic) bond motifs is 5. The molecule has 4 fully saturated rings. The Morgan fingerprint density at radius 3 is 2.18 bits per heavy atom. The van der Waals surface area contributed by atoms with E-state index in [2.05, 4.69) is 13.8 Å². The van der Waals surface area contributed by atoms with E-state index in [1.165, 1.54) is 6.42 Å². The zero-order valence-electron chi connectivity index (χ0n) is 14.0. The molecule has 0 radical (unpaired) electrons. The average molecular weight is 308 g/mol. The molecule has 0 heterocycles. The Labute approximate surface area is 134 Å². The van der Waals surface area contributed by atoms with Crippen molar-refractivity contribution in [2.75, 3.05) is 0 Å². The molecule has 4 saturated carbocycles.